The maximum absolute atomic E-state index is 10.4. The Bertz CT molecular complexity index is 617. The molecule has 0 amide bonds. The molecule has 9 heteroatoms. The molecule has 0 saturated heterocycles. The second-order valence-electron chi connectivity index (χ2n) is 14.5. The molecule has 8 N–H and O–H groups in total. The Hall–Kier alpha value is -0.220. The molecule has 0 aromatic carbocycles. The van der Waals surface area contributed by atoms with Crippen molar-refractivity contribution in [3.05, 3.63) is 0 Å². The molecule has 0 aliphatic rings. The first-order chi connectivity index (χ1) is 25.8. The van der Waals surface area contributed by atoms with Crippen molar-refractivity contribution in [1.82, 2.24) is 6.15 Å². The SMILES string of the molecule is CCCCCCCCCCCCCCCCCC(=O)O.CCCCCCCCCCCCCCCCCCCCCC(=O)O.CCO.CCO.CCO.N.[H-].[Na+]. The Balaban J connectivity index is -0.000000109. The number of unbranched alkanes of at least 4 members (excludes halogenated alkanes) is 32. The van der Waals surface area contributed by atoms with Crippen molar-refractivity contribution >= 4 is 11.9 Å². The Morgan fingerprint density at radius 2 is 0.418 bits per heavy atom. The number of aliphatic hydroxyl groups is 3. The Kier molecular flexibility index (Phi) is 94.3. The van der Waals surface area contributed by atoms with Gasteiger partial charge in [0.25, 0.3) is 0 Å². The molecule has 0 unspecified atom stereocenters. The van der Waals surface area contributed by atoms with Gasteiger partial charge in [0.15, 0.2) is 0 Å². The number of aliphatic carboxylic acids is 2. The Labute approximate surface area is 368 Å². The van der Waals surface area contributed by atoms with E-state index in [1.807, 2.05) is 0 Å². The van der Waals surface area contributed by atoms with Gasteiger partial charge in [0.05, 0.1) is 0 Å². The van der Waals surface area contributed by atoms with Gasteiger partial charge in [-0.25, -0.2) is 0 Å². The number of hydrogen-bond acceptors (Lipinski definition) is 6. The molecule has 0 saturated carbocycles. The van der Waals surface area contributed by atoms with Gasteiger partial charge in [-0.2, -0.15) is 0 Å². The number of carboxylic acids is 2. The zero-order valence-electron chi connectivity index (χ0n) is 39.3. The third-order valence-corrected chi connectivity index (χ3v) is 8.99. The average molecular weight is 804 g/mol. The molecule has 0 aromatic heterocycles. The van der Waals surface area contributed by atoms with Gasteiger partial charge in [0.2, 0.25) is 0 Å². The van der Waals surface area contributed by atoms with Crippen LogP contribution in [-0.4, -0.2) is 57.3 Å². The molecule has 0 aliphatic carbocycles. The van der Waals surface area contributed by atoms with E-state index < -0.39 is 11.9 Å². The van der Waals surface area contributed by atoms with Crippen LogP contribution in [0.25, 0.3) is 0 Å². The Morgan fingerprint density at radius 1 is 0.309 bits per heavy atom. The molecule has 0 spiro atoms. The van der Waals surface area contributed by atoms with E-state index in [4.69, 9.17) is 25.5 Å². The van der Waals surface area contributed by atoms with E-state index in [-0.39, 0.29) is 57.0 Å². The number of rotatable bonds is 36. The van der Waals surface area contributed by atoms with Crippen molar-refractivity contribution in [2.24, 2.45) is 0 Å². The Morgan fingerprint density at radius 3 is 0.527 bits per heavy atom. The molecule has 8 nitrogen and oxygen atoms in total. The van der Waals surface area contributed by atoms with Crippen molar-refractivity contribution in [1.29, 1.82) is 0 Å². The molecule has 0 radical (unpaired) electrons. The molecule has 0 atom stereocenters. The summed E-state index contributed by atoms with van der Waals surface area (Å²) in [7, 11) is 0. The summed E-state index contributed by atoms with van der Waals surface area (Å²) in [5.74, 6) is -1.30. The molecule has 0 heterocycles. The van der Waals surface area contributed by atoms with Crippen LogP contribution in [0.5, 0.6) is 0 Å². The number of carbonyl (C=O) groups is 2. The van der Waals surface area contributed by atoms with Gasteiger partial charge >= 0.3 is 41.5 Å². The maximum Gasteiger partial charge on any atom is 1.00 e. The van der Waals surface area contributed by atoms with Crippen molar-refractivity contribution in [3.63, 3.8) is 0 Å². The van der Waals surface area contributed by atoms with E-state index >= 15 is 0 Å². The average Bonchev–Trinajstić information content (AvgIpc) is 3.12. The van der Waals surface area contributed by atoms with Gasteiger partial charge in [0.1, 0.15) is 0 Å². The summed E-state index contributed by atoms with van der Waals surface area (Å²) in [5.41, 5.74) is 0. The predicted molar refractivity (Wildman–Crippen MR) is 237 cm³/mol. The molecule has 0 bridgehead atoms. The molecule has 0 rings (SSSR count). The first kappa shape index (κ1) is 69.4. The minimum absolute atomic E-state index is 0. The zero-order chi connectivity index (χ0) is 40.7. The van der Waals surface area contributed by atoms with Gasteiger partial charge in [-0.15, -0.1) is 0 Å². The first-order valence-electron chi connectivity index (χ1n) is 23.0. The number of hydrogen-bond donors (Lipinski definition) is 6. The van der Waals surface area contributed by atoms with Crippen LogP contribution < -0.4 is 35.7 Å². The summed E-state index contributed by atoms with van der Waals surface area (Å²) in [6, 6.07) is 0. The molecule has 0 aromatic rings. The second kappa shape index (κ2) is 74.7. The topological polar surface area (TPSA) is 170 Å². The van der Waals surface area contributed by atoms with Gasteiger partial charge < -0.3 is 33.1 Å². The van der Waals surface area contributed by atoms with E-state index in [9.17, 15) is 9.59 Å². The smallest absolute Gasteiger partial charge is 1.00 e. The maximum atomic E-state index is 10.4. The predicted octanol–water partition coefficient (Wildman–Crippen LogP) is 11.5. The van der Waals surface area contributed by atoms with Crippen LogP contribution >= 0.6 is 0 Å². The molecular formula is C46H102NNaO7. The van der Waals surface area contributed by atoms with Crippen LogP contribution in [0.1, 0.15) is 267 Å². The third kappa shape index (κ3) is 101. The summed E-state index contributed by atoms with van der Waals surface area (Å²) in [6.07, 6.45) is 46.3. The standard InChI is InChI=1S/C22H44O2.C18H36O2.3C2H6O.H3N.Na.H/c1-2-3-4-5-6-7-8-9-10-11-12-13-14-15-16-17-18-19-20-21-22(23)24;1-2-3-4-5-6-7-8-9-10-11-12-13-14-15-16-17-18(19)20;3*1-2-3;;;/h2-21H2,1H3,(H,23,24);2-17H2,1H3,(H,19,20);3*3H,2H2,1H3;1H3;;/q;;;;;;+1;-1. The monoisotopic (exact) mass is 804 g/mol. The minimum Gasteiger partial charge on any atom is -1.00 e. The van der Waals surface area contributed by atoms with E-state index in [0.717, 1.165) is 25.7 Å². The number of carboxylic acid groups (broad SMARTS) is 2. The van der Waals surface area contributed by atoms with Crippen LogP contribution in [0, 0.1) is 0 Å². The van der Waals surface area contributed by atoms with Crippen LogP contribution in [0.3, 0.4) is 0 Å². The minimum atomic E-state index is -0.653. The molecule has 334 valence electrons. The van der Waals surface area contributed by atoms with Crippen LogP contribution in [0.4, 0.5) is 0 Å². The molecule has 0 fully saturated rings. The van der Waals surface area contributed by atoms with E-state index in [1.54, 1.807) is 20.8 Å². The fraction of sp³-hybridized carbons (Fsp3) is 0.957. The summed E-state index contributed by atoms with van der Waals surface area (Å²) in [5, 5.41) is 39.8. The second-order valence-corrected chi connectivity index (χ2v) is 14.5. The normalized spacial score (nSPS) is 9.75. The van der Waals surface area contributed by atoms with Gasteiger partial charge in [0, 0.05) is 32.7 Å². The van der Waals surface area contributed by atoms with Gasteiger partial charge in [-0.1, -0.05) is 219 Å². The first-order valence-corrected chi connectivity index (χ1v) is 23.0. The zero-order valence-corrected chi connectivity index (χ0v) is 40.3. The van der Waals surface area contributed by atoms with Crippen molar-refractivity contribution < 1.29 is 66.1 Å². The quantitative estimate of drug-likeness (QED) is 0.0268. The summed E-state index contributed by atoms with van der Waals surface area (Å²) < 4.78 is 0. The third-order valence-electron chi connectivity index (χ3n) is 8.99. The van der Waals surface area contributed by atoms with Crippen LogP contribution in [0.2, 0.25) is 0 Å². The fourth-order valence-electron chi connectivity index (χ4n) is 6.00. The summed E-state index contributed by atoms with van der Waals surface area (Å²) in [6.45, 7) is 10.3. The van der Waals surface area contributed by atoms with Crippen molar-refractivity contribution in [2.75, 3.05) is 19.8 Å². The van der Waals surface area contributed by atoms with Gasteiger partial charge in [-0.3, -0.25) is 9.59 Å². The van der Waals surface area contributed by atoms with Crippen molar-refractivity contribution in [2.45, 2.75) is 266 Å². The largest absolute Gasteiger partial charge is 1.00 e. The summed E-state index contributed by atoms with van der Waals surface area (Å²) >= 11 is 0. The van der Waals surface area contributed by atoms with Gasteiger partial charge in [-0.05, 0) is 33.6 Å². The van der Waals surface area contributed by atoms with Crippen LogP contribution in [-0.2, 0) is 9.59 Å². The fourth-order valence-corrected chi connectivity index (χ4v) is 6.00. The van der Waals surface area contributed by atoms with E-state index in [0.29, 0.717) is 12.8 Å². The van der Waals surface area contributed by atoms with Crippen LogP contribution in [0.15, 0.2) is 0 Å². The molecule has 55 heavy (non-hydrogen) atoms. The van der Waals surface area contributed by atoms with E-state index in [2.05, 4.69) is 13.8 Å². The van der Waals surface area contributed by atoms with Crippen molar-refractivity contribution in [3.8, 4) is 0 Å². The molecular weight excluding hydrogens is 701 g/mol. The summed E-state index contributed by atoms with van der Waals surface area (Å²) in [4.78, 5) is 20.7. The number of aliphatic hydroxyl groups excluding tert-OH is 3. The molecule has 0 aliphatic heterocycles. The van der Waals surface area contributed by atoms with E-state index in [1.165, 1.54) is 193 Å².